The van der Waals surface area contributed by atoms with Crippen molar-refractivity contribution in [3.05, 3.63) is 111 Å². The second-order valence-corrected chi connectivity index (χ2v) is 6.43. The van der Waals surface area contributed by atoms with Crippen LogP contribution in [0.1, 0.15) is 38.7 Å². The van der Waals surface area contributed by atoms with Crippen LogP contribution < -0.4 is 5.32 Å². The van der Waals surface area contributed by atoms with E-state index in [-0.39, 0.29) is 17.6 Å². The van der Waals surface area contributed by atoms with Crippen LogP contribution in [0.3, 0.4) is 0 Å². The lowest BCUT2D eigenvalue weighted by atomic mass is 9.94. The highest BCUT2D eigenvalue weighted by molar-refractivity contribution is 5.95. The molecule has 27 heavy (non-hydrogen) atoms. The molecular formula is C22H20N2O3. The van der Waals surface area contributed by atoms with E-state index in [0.29, 0.717) is 11.1 Å². The molecule has 5 heteroatoms. The molecule has 3 aromatic carbocycles. The quantitative estimate of drug-likeness (QED) is 0.528. The first kappa shape index (κ1) is 18.3. The number of aryl methyl sites for hydroxylation is 2. The van der Waals surface area contributed by atoms with Gasteiger partial charge in [-0.05, 0) is 42.7 Å². The average molecular weight is 360 g/mol. The van der Waals surface area contributed by atoms with Crippen molar-refractivity contribution >= 4 is 11.6 Å². The summed E-state index contributed by atoms with van der Waals surface area (Å²) in [6.07, 6.45) is 0. The van der Waals surface area contributed by atoms with Crippen molar-refractivity contribution in [2.45, 2.75) is 19.9 Å². The van der Waals surface area contributed by atoms with Gasteiger partial charge in [0, 0.05) is 17.2 Å². The Morgan fingerprint density at radius 1 is 0.926 bits per heavy atom. The van der Waals surface area contributed by atoms with Crippen molar-refractivity contribution in [1.82, 2.24) is 5.32 Å². The van der Waals surface area contributed by atoms with Crippen LogP contribution >= 0.6 is 0 Å². The first-order valence-electron chi connectivity index (χ1n) is 8.63. The van der Waals surface area contributed by atoms with Crippen molar-refractivity contribution in [3.63, 3.8) is 0 Å². The van der Waals surface area contributed by atoms with E-state index in [1.54, 1.807) is 13.0 Å². The van der Waals surface area contributed by atoms with Crippen molar-refractivity contribution in [1.29, 1.82) is 0 Å². The average Bonchev–Trinajstić information content (AvgIpc) is 2.67. The zero-order valence-electron chi connectivity index (χ0n) is 15.2. The number of benzene rings is 3. The van der Waals surface area contributed by atoms with E-state index in [9.17, 15) is 14.9 Å². The molecule has 0 saturated carbocycles. The third kappa shape index (κ3) is 4.03. The van der Waals surface area contributed by atoms with E-state index in [1.165, 1.54) is 12.1 Å². The van der Waals surface area contributed by atoms with Gasteiger partial charge in [-0.3, -0.25) is 14.9 Å². The molecule has 1 N–H and O–H groups in total. The molecule has 1 unspecified atom stereocenters. The molecule has 1 atom stereocenters. The van der Waals surface area contributed by atoms with Crippen molar-refractivity contribution in [2.75, 3.05) is 0 Å². The summed E-state index contributed by atoms with van der Waals surface area (Å²) in [6, 6.07) is 21.7. The van der Waals surface area contributed by atoms with Gasteiger partial charge in [-0.25, -0.2) is 0 Å². The van der Waals surface area contributed by atoms with Gasteiger partial charge in [-0.15, -0.1) is 0 Å². The predicted octanol–water partition coefficient (Wildman–Crippen LogP) is 4.73. The van der Waals surface area contributed by atoms with Gasteiger partial charge in [0.05, 0.1) is 11.0 Å². The van der Waals surface area contributed by atoms with Crippen LogP contribution in [-0.4, -0.2) is 10.8 Å². The van der Waals surface area contributed by atoms with Gasteiger partial charge in [-0.1, -0.05) is 54.6 Å². The number of hydrogen-bond donors (Lipinski definition) is 1. The maximum atomic E-state index is 12.9. The second kappa shape index (κ2) is 7.83. The molecule has 0 fully saturated rings. The lowest BCUT2D eigenvalue weighted by Crippen LogP contribution is -2.29. The molecule has 0 saturated heterocycles. The summed E-state index contributed by atoms with van der Waals surface area (Å²) in [6.45, 7) is 3.64. The lowest BCUT2D eigenvalue weighted by Gasteiger charge is -2.22. The molecule has 0 aliphatic heterocycles. The number of nitrogens with zero attached hydrogens (tertiary/aromatic N) is 1. The Kier molecular flexibility index (Phi) is 5.31. The fourth-order valence-corrected chi connectivity index (χ4v) is 3.11. The highest BCUT2D eigenvalue weighted by Gasteiger charge is 2.20. The SMILES string of the molecule is Cc1ccccc1C(NC(=O)c1ccc([N+](=O)[O-])c(C)c1)c1ccccc1. The zero-order chi connectivity index (χ0) is 19.4. The normalized spacial score (nSPS) is 11.6. The number of nitrogens with one attached hydrogen (secondary N) is 1. The highest BCUT2D eigenvalue weighted by atomic mass is 16.6. The minimum Gasteiger partial charge on any atom is -0.341 e. The van der Waals surface area contributed by atoms with E-state index < -0.39 is 4.92 Å². The predicted molar refractivity (Wildman–Crippen MR) is 105 cm³/mol. The Bertz CT molecular complexity index is 984. The summed E-state index contributed by atoms with van der Waals surface area (Å²) in [5.74, 6) is -0.273. The van der Waals surface area contributed by atoms with Crippen molar-refractivity contribution in [2.24, 2.45) is 0 Å². The molecule has 0 aliphatic carbocycles. The second-order valence-electron chi connectivity index (χ2n) is 6.43. The minimum atomic E-state index is -0.447. The summed E-state index contributed by atoms with van der Waals surface area (Å²) in [4.78, 5) is 23.4. The van der Waals surface area contributed by atoms with Crippen LogP contribution in [0.15, 0.2) is 72.8 Å². The molecular weight excluding hydrogens is 340 g/mol. The maximum absolute atomic E-state index is 12.9. The summed E-state index contributed by atoms with van der Waals surface area (Å²) in [5.41, 5.74) is 3.92. The molecule has 3 aromatic rings. The third-order valence-corrected chi connectivity index (χ3v) is 4.56. The van der Waals surface area contributed by atoms with Gasteiger partial charge in [-0.2, -0.15) is 0 Å². The van der Waals surface area contributed by atoms with E-state index >= 15 is 0 Å². The maximum Gasteiger partial charge on any atom is 0.272 e. The molecule has 0 spiro atoms. The number of rotatable bonds is 5. The van der Waals surface area contributed by atoms with Crippen LogP contribution in [0.4, 0.5) is 5.69 Å². The largest absolute Gasteiger partial charge is 0.341 e. The van der Waals surface area contributed by atoms with Gasteiger partial charge in [0.25, 0.3) is 11.6 Å². The van der Waals surface area contributed by atoms with Gasteiger partial charge < -0.3 is 5.32 Å². The molecule has 0 radical (unpaired) electrons. The Labute approximate surface area is 157 Å². The monoisotopic (exact) mass is 360 g/mol. The Balaban J connectivity index is 1.95. The third-order valence-electron chi connectivity index (χ3n) is 4.56. The van der Waals surface area contributed by atoms with Crippen LogP contribution in [-0.2, 0) is 0 Å². The first-order chi connectivity index (χ1) is 13.0. The van der Waals surface area contributed by atoms with Gasteiger partial charge in [0.1, 0.15) is 0 Å². The first-order valence-corrected chi connectivity index (χ1v) is 8.63. The van der Waals surface area contributed by atoms with Gasteiger partial charge >= 0.3 is 0 Å². The zero-order valence-corrected chi connectivity index (χ0v) is 15.2. The lowest BCUT2D eigenvalue weighted by molar-refractivity contribution is -0.385. The molecule has 0 aliphatic rings. The summed E-state index contributed by atoms with van der Waals surface area (Å²) >= 11 is 0. The molecule has 5 nitrogen and oxygen atoms in total. The Morgan fingerprint density at radius 2 is 1.59 bits per heavy atom. The molecule has 1 amide bonds. The number of hydrogen-bond acceptors (Lipinski definition) is 3. The number of nitro benzene ring substituents is 1. The Hall–Kier alpha value is -3.47. The fourth-order valence-electron chi connectivity index (χ4n) is 3.11. The molecule has 0 heterocycles. The van der Waals surface area contributed by atoms with Crippen LogP contribution in [0.25, 0.3) is 0 Å². The van der Waals surface area contributed by atoms with E-state index in [0.717, 1.165) is 16.7 Å². The number of nitro groups is 1. The summed E-state index contributed by atoms with van der Waals surface area (Å²) in [5, 5.41) is 14.1. The standard InChI is InChI=1S/C22H20N2O3/c1-15-8-6-7-11-19(15)21(17-9-4-3-5-10-17)23-22(25)18-12-13-20(24(26)27)16(2)14-18/h3-14,21H,1-2H3,(H,23,25). The summed E-state index contributed by atoms with van der Waals surface area (Å²) in [7, 11) is 0. The number of carbonyl (C=O) groups is 1. The van der Waals surface area contributed by atoms with Gasteiger partial charge in [0.2, 0.25) is 0 Å². The number of amides is 1. The molecule has 3 rings (SSSR count). The molecule has 0 bridgehead atoms. The van der Waals surface area contributed by atoms with E-state index in [4.69, 9.17) is 0 Å². The van der Waals surface area contributed by atoms with Crippen LogP contribution in [0.5, 0.6) is 0 Å². The highest BCUT2D eigenvalue weighted by Crippen LogP contribution is 2.26. The Morgan fingerprint density at radius 3 is 2.22 bits per heavy atom. The van der Waals surface area contributed by atoms with Crippen LogP contribution in [0.2, 0.25) is 0 Å². The van der Waals surface area contributed by atoms with Crippen molar-refractivity contribution in [3.8, 4) is 0 Å². The topological polar surface area (TPSA) is 72.2 Å². The minimum absolute atomic E-state index is 0.00469. The fraction of sp³-hybridized carbons (Fsp3) is 0.136. The number of carbonyl (C=O) groups excluding carboxylic acids is 1. The van der Waals surface area contributed by atoms with E-state index in [2.05, 4.69) is 5.32 Å². The molecule has 0 aromatic heterocycles. The smallest absolute Gasteiger partial charge is 0.272 e. The summed E-state index contributed by atoms with van der Waals surface area (Å²) < 4.78 is 0. The van der Waals surface area contributed by atoms with Crippen LogP contribution in [0, 0.1) is 24.0 Å². The molecule has 136 valence electrons. The van der Waals surface area contributed by atoms with Gasteiger partial charge in [0.15, 0.2) is 0 Å². The van der Waals surface area contributed by atoms with Crippen molar-refractivity contribution < 1.29 is 9.72 Å². The van der Waals surface area contributed by atoms with E-state index in [1.807, 2.05) is 61.5 Å².